The number of aryl methyl sites for hydroxylation is 1. The number of hydrogen-bond acceptors (Lipinski definition) is 5. The lowest BCUT2D eigenvalue weighted by Crippen LogP contribution is -2.25. The number of hydrogen-bond donors (Lipinski definition) is 2. The highest BCUT2D eigenvalue weighted by Crippen LogP contribution is 2.19. The second-order valence-corrected chi connectivity index (χ2v) is 5.77. The molecule has 1 amide bonds. The van der Waals surface area contributed by atoms with E-state index in [1.54, 1.807) is 13.0 Å². The highest BCUT2D eigenvalue weighted by atomic mass is 16.3. The summed E-state index contributed by atoms with van der Waals surface area (Å²) in [6.45, 7) is 3.52. The molecule has 1 heterocycles. The molecule has 0 aliphatic heterocycles. The summed E-state index contributed by atoms with van der Waals surface area (Å²) in [6, 6.07) is 14.3. The number of amides is 1. The molecule has 1 aromatic heterocycles. The Morgan fingerprint density at radius 2 is 2.00 bits per heavy atom. The Hall–Kier alpha value is -3.06. The second kappa shape index (κ2) is 7.23. The quantitative estimate of drug-likeness (QED) is 0.745. The van der Waals surface area contributed by atoms with Crippen LogP contribution in [0, 0.1) is 6.92 Å². The fourth-order valence-electron chi connectivity index (χ4n) is 2.34. The normalized spacial score (nSPS) is 12.0. The zero-order chi connectivity index (χ0) is 17.8. The first-order chi connectivity index (χ1) is 12.1. The van der Waals surface area contributed by atoms with Gasteiger partial charge in [0.1, 0.15) is 6.04 Å². The SMILES string of the molecule is Cc1ccc(CO)cc1NC(=O)C(C)n1nnc(-c2ccccc2)n1. The Bertz CT molecular complexity index is 876. The van der Waals surface area contributed by atoms with Crippen LogP contribution in [0.2, 0.25) is 0 Å². The molecule has 7 heteroatoms. The number of carbonyl (C=O) groups excluding carboxylic acids is 1. The van der Waals surface area contributed by atoms with Crippen LogP contribution in [0.3, 0.4) is 0 Å². The summed E-state index contributed by atoms with van der Waals surface area (Å²) >= 11 is 0. The number of carbonyl (C=O) groups is 1. The third kappa shape index (κ3) is 3.72. The highest BCUT2D eigenvalue weighted by molar-refractivity contribution is 5.94. The van der Waals surface area contributed by atoms with Gasteiger partial charge in [0, 0.05) is 11.3 Å². The van der Waals surface area contributed by atoms with Crippen molar-refractivity contribution in [2.45, 2.75) is 26.5 Å². The fraction of sp³-hybridized carbons (Fsp3) is 0.222. The molecule has 0 aliphatic rings. The van der Waals surface area contributed by atoms with Gasteiger partial charge in [-0.3, -0.25) is 4.79 Å². The number of benzene rings is 2. The van der Waals surface area contributed by atoms with Gasteiger partial charge in [0.05, 0.1) is 6.61 Å². The number of anilines is 1. The van der Waals surface area contributed by atoms with E-state index in [-0.39, 0.29) is 12.5 Å². The molecule has 0 aliphatic carbocycles. The van der Waals surface area contributed by atoms with Crippen molar-refractivity contribution in [3.63, 3.8) is 0 Å². The summed E-state index contributed by atoms with van der Waals surface area (Å²) in [7, 11) is 0. The largest absolute Gasteiger partial charge is 0.392 e. The average Bonchev–Trinajstić information content (AvgIpc) is 3.13. The molecule has 1 unspecified atom stereocenters. The first-order valence-corrected chi connectivity index (χ1v) is 7.94. The molecule has 3 rings (SSSR count). The molecule has 7 nitrogen and oxygen atoms in total. The molecule has 0 fully saturated rings. The summed E-state index contributed by atoms with van der Waals surface area (Å²) in [5.74, 6) is 0.217. The van der Waals surface area contributed by atoms with E-state index < -0.39 is 6.04 Å². The van der Waals surface area contributed by atoms with Crippen molar-refractivity contribution in [2.75, 3.05) is 5.32 Å². The monoisotopic (exact) mass is 337 g/mol. The summed E-state index contributed by atoms with van der Waals surface area (Å²) < 4.78 is 0. The minimum atomic E-state index is -0.623. The van der Waals surface area contributed by atoms with Gasteiger partial charge in [0.2, 0.25) is 5.82 Å². The molecule has 3 aromatic rings. The molecular formula is C18H19N5O2. The van der Waals surface area contributed by atoms with E-state index in [4.69, 9.17) is 0 Å². The van der Waals surface area contributed by atoms with Crippen molar-refractivity contribution in [3.8, 4) is 11.4 Å². The Morgan fingerprint density at radius 3 is 2.72 bits per heavy atom. The zero-order valence-corrected chi connectivity index (χ0v) is 14.0. The highest BCUT2D eigenvalue weighted by Gasteiger charge is 2.19. The van der Waals surface area contributed by atoms with Crippen LogP contribution in [-0.2, 0) is 11.4 Å². The van der Waals surface area contributed by atoms with Gasteiger partial charge in [-0.25, -0.2) is 0 Å². The first kappa shape index (κ1) is 16.8. The van der Waals surface area contributed by atoms with Crippen LogP contribution in [0.25, 0.3) is 11.4 Å². The van der Waals surface area contributed by atoms with Crippen LogP contribution in [0.15, 0.2) is 48.5 Å². The number of tetrazole rings is 1. The minimum absolute atomic E-state index is 0.0796. The molecule has 0 saturated carbocycles. The van der Waals surface area contributed by atoms with E-state index in [0.29, 0.717) is 11.5 Å². The molecule has 0 bridgehead atoms. The van der Waals surface area contributed by atoms with Crippen LogP contribution >= 0.6 is 0 Å². The molecule has 0 radical (unpaired) electrons. The summed E-state index contributed by atoms with van der Waals surface area (Å²) in [5.41, 5.74) is 3.15. The van der Waals surface area contributed by atoms with Crippen molar-refractivity contribution >= 4 is 11.6 Å². The Kier molecular flexibility index (Phi) is 4.85. The van der Waals surface area contributed by atoms with Crippen LogP contribution in [0.5, 0.6) is 0 Å². The smallest absolute Gasteiger partial charge is 0.250 e. The number of aromatic nitrogens is 4. The van der Waals surface area contributed by atoms with Gasteiger partial charge in [0.15, 0.2) is 0 Å². The third-order valence-electron chi connectivity index (χ3n) is 3.93. The minimum Gasteiger partial charge on any atom is -0.392 e. The van der Waals surface area contributed by atoms with Crippen molar-refractivity contribution in [1.82, 2.24) is 20.2 Å². The molecule has 0 saturated heterocycles. The standard InChI is InChI=1S/C18H19N5O2/c1-12-8-9-14(11-24)10-16(12)19-18(25)13(2)23-21-17(20-22-23)15-6-4-3-5-7-15/h3-10,13,24H,11H2,1-2H3,(H,19,25). The van der Waals surface area contributed by atoms with E-state index in [2.05, 4.69) is 20.7 Å². The number of aliphatic hydroxyl groups excluding tert-OH is 1. The maximum atomic E-state index is 12.5. The van der Waals surface area contributed by atoms with Crippen LogP contribution < -0.4 is 5.32 Å². The molecule has 1 atom stereocenters. The number of aliphatic hydroxyl groups is 1. The van der Waals surface area contributed by atoms with Crippen molar-refractivity contribution in [2.24, 2.45) is 0 Å². The van der Waals surface area contributed by atoms with Gasteiger partial charge in [0.25, 0.3) is 5.91 Å². The lowest BCUT2D eigenvalue weighted by atomic mass is 10.1. The summed E-state index contributed by atoms with van der Waals surface area (Å²) in [4.78, 5) is 13.8. The van der Waals surface area contributed by atoms with E-state index >= 15 is 0 Å². The molecular weight excluding hydrogens is 318 g/mol. The van der Waals surface area contributed by atoms with Gasteiger partial charge in [-0.2, -0.15) is 4.80 Å². The maximum absolute atomic E-state index is 12.5. The predicted molar refractivity (Wildman–Crippen MR) is 93.7 cm³/mol. The third-order valence-corrected chi connectivity index (χ3v) is 3.93. The number of nitrogens with zero attached hydrogens (tertiary/aromatic N) is 4. The van der Waals surface area contributed by atoms with Gasteiger partial charge in [-0.15, -0.1) is 10.2 Å². The summed E-state index contributed by atoms with van der Waals surface area (Å²) in [6.07, 6.45) is 0. The Morgan fingerprint density at radius 1 is 1.24 bits per heavy atom. The van der Waals surface area contributed by atoms with Crippen molar-refractivity contribution in [1.29, 1.82) is 0 Å². The second-order valence-electron chi connectivity index (χ2n) is 5.77. The Balaban J connectivity index is 1.76. The lowest BCUT2D eigenvalue weighted by Gasteiger charge is -2.13. The van der Waals surface area contributed by atoms with Gasteiger partial charge in [-0.1, -0.05) is 42.5 Å². The average molecular weight is 337 g/mol. The van der Waals surface area contributed by atoms with E-state index in [9.17, 15) is 9.90 Å². The lowest BCUT2D eigenvalue weighted by molar-refractivity contribution is -0.119. The first-order valence-electron chi connectivity index (χ1n) is 7.94. The molecule has 25 heavy (non-hydrogen) atoms. The molecule has 0 spiro atoms. The van der Waals surface area contributed by atoms with E-state index in [1.807, 2.05) is 49.4 Å². The summed E-state index contributed by atoms with van der Waals surface area (Å²) in [5, 5.41) is 24.4. The van der Waals surface area contributed by atoms with Crippen LogP contribution in [0.1, 0.15) is 24.1 Å². The molecule has 128 valence electrons. The number of rotatable bonds is 5. The Labute approximate surface area is 145 Å². The van der Waals surface area contributed by atoms with Gasteiger partial charge >= 0.3 is 0 Å². The van der Waals surface area contributed by atoms with Crippen molar-refractivity contribution < 1.29 is 9.90 Å². The van der Waals surface area contributed by atoms with E-state index in [0.717, 1.165) is 16.7 Å². The van der Waals surface area contributed by atoms with E-state index in [1.165, 1.54) is 4.80 Å². The van der Waals surface area contributed by atoms with Gasteiger partial charge in [-0.05, 0) is 36.3 Å². The zero-order valence-electron chi connectivity index (χ0n) is 14.0. The number of nitrogens with one attached hydrogen (secondary N) is 1. The van der Waals surface area contributed by atoms with Crippen molar-refractivity contribution in [3.05, 3.63) is 59.7 Å². The molecule has 2 N–H and O–H groups in total. The van der Waals surface area contributed by atoms with Crippen LogP contribution in [-0.4, -0.2) is 31.2 Å². The van der Waals surface area contributed by atoms with Gasteiger partial charge < -0.3 is 10.4 Å². The predicted octanol–water partition coefficient (Wildman–Crippen LogP) is 2.34. The maximum Gasteiger partial charge on any atom is 0.250 e. The topological polar surface area (TPSA) is 92.9 Å². The molecule has 2 aromatic carbocycles. The fourth-order valence-corrected chi connectivity index (χ4v) is 2.34. The van der Waals surface area contributed by atoms with Crippen LogP contribution in [0.4, 0.5) is 5.69 Å².